The zero-order valence-corrected chi connectivity index (χ0v) is 13.1. The van der Waals surface area contributed by atoms with Gasteiger partial charge in [0.1, 0.15) is 5.75 Å². The summed E-state index contributed by atoms with van der Waals surface area (Å²) < 4.78 is 5.38. The number of hydrogen-bond donors (Lipinski definition) is 0. The lowest BCUT2D eigenvalue weighted by molar-refractivity contribution is -0.130. The molecule has 0 saturated heterocycles. The molecule has 0 heterocycles. The molecular formula is C18H22O3. The van der Waals surface area contributed by atoms with Gasteiger partial charge in [-0.1, -0.05) is 32.9 Å². The summed E-state index contributed by atoms with van der Waals surface area (Å²) in [6.45, 7) is 7.96. The lowest BCUT2D eigenvalue weighted by atomic mass is 9.76. The molecule has 0 fully saturated rings. The molecule has 1 aromatic carbocycles. The number of rotatable bonds is 3. The van der Waals surface area contributed by atoms with Crippen molar-refractivity contribution >= 4 is 11.8 Å². The van der Waals surface area contributed by atoms with Gasteiger partial charge < -0.3 is 4.74 Å². The van der Waals surface area contributed by atoms with Crippen LogP contribution in [0.25, 0.3) is 0 Å². The SMILES string of the molecule is C/C=C(\CC)C(=O)Oc1ccc2c(c1)C(=O)CC(C)C2C. The summed E-state index contributed by atoms with van der Waals surface area (Å²) >= 11 is 0. The smallest absolute Gasteiger partial charge is 0.339 e. The molecule has 2 rings (SSSR count). The minimum atomic E-state index is -0.343. The van der Waals surface area contributed by atoms with Crippen LogP contribution in [0.5, 0.6) is 5.75 Å². The molecular weight excluding hydrogens is 264 g/mol. The number of Topliss-reactive ketones (excluding diaryl/α,β-unsaturated/α-hetero) is 1. The molecule has 21 heavy (non-hydrogen) atoms. The first kappa shape index (κ1) is 15.5. The third-order valence-electron chi connectivity index (χ3n) is 4.38. The van der Waals surface area contributed by atoms with Crippen LogP contribution in [0.15, 0.2) is 29.8 Å². The maximum absolute atomic E-state index is 12.2. The Hall–Kier alpha value is -1.90. The van der Waals surface area contributed by atoms with E-state index in [1.165, 1.54) is 0 Å². The van der Waals surface area contributed by atoms with Gasteiger partial charge in [-0.3, -0.25) is 4.79 Å². The molecule has 2 atom stereocenters. The molecule has 3 heteroatoms. The van der Waals surface area contributed by atoms with E-state index in [1.54, 1.807) is 18.2 Å². The Morgan fingerprint density at radius 1 is 1.38 bits per heavy atom. The number of ketones is 1. The van der Waals surface area contributed by atoms with Gasteiger partial charge in [0.15, 0.2) is 5.78 Å². The Morgan fingerprint density at radius 3 is 2.71 bits per heavy atom. The van der Waals surface area contributed by atoms with Crippen LogP contribution < -0.4 is 4.74 Å². The fourth-order valence-electron chi connectivity index (χ4n) is 2.76. The summed E-state index contributed by atoms with van der Waals surface area (Å²) in [5.74, 6) is 0.943. The van der Waals surface area contributed by atoms with Crippen molar-refractivity contribution in [2.45, 2.75) is 46.5 Å². The molecule has 0 N–H and O–H groups in total. The van der Waals surface area contributed by atoms with E-state index in [4.69, 9.17) is 4.74 Å². The average molecular weight is 286 g/mol. The van der Waals surface area contributed by atoms with E-state index < -0.39 is 0 Å². The van der Waals surface area contributed by atoms with Crippen LogP contribution in [0.4, 0.5) is 0 Å². The van der Waals surface area contributed by atoms with Crippen LogP contribution in [0.1, 0.15) is 62.4 Å². The molecule has 3 nitrogen and oxygen atoms in total. The van der Waals surface area contributed by atoms with Crippen molar-refractivity contribution in [2.24, 2.45) is 5.92 Å². The number of carbonyl (C=O) groups is 2. The topological polar surface area (TPSA) is 43.4 Å². The summed E-state index contributed by atoms with van der Waals surface area (Å²) in [7, 11) is 0. The van der Waals surface area contributed by atoms with Gasteiger partial charge in [-0.05, 0) is 42.9 Å². The number of ether oxygens (including phenoxy) is 1. The van der Waals surface area contributed by atoms with E-state index in [-0.39, 0.29) is 11.8 Å². The van der Waals surface area contributed by atoms with E-state index in [2.05, 4.69) is 13.8 Å². The first-order valence-electron chi connectivity index (χ1n) is 7.52. The number of carbonyl (C=O) groups excluding carboxylic acids is 2. The Balaban J connectivity index is 2.28. The molecule has 0 amide bonds. The van der Waals surface area contributed by atoms with Crippen molar-refractivity contribution in [1.82, 2.24) is 0 Å². The van der Waals surface area contributed by atoms with E-state index in [0.717, 1.165) is 5.56 Å². The van der Waals surface area contributed by atoms with Crippen LogP contribution in [0.2, 0.25) is 0 Å². The molecule has 0 aliphatic heterocycles. The molecule has 0 radical (unpaired) electrons. The predicted molar refractivity (Wildman–Crippen MR) is 82.7 cm³/mol. The molecule has 1 aromatic rings. The minimum absolute atomic E-state index is 0.134. The van der Waals surface area contributed by atoms with Crippen molar-refractivity contribution in [2.75, 3.05) is 0 Å². The lowest BCUT2D eigenvalue weighted by Crippen LogP contribution is -2.21. The number of hydrogen-bond acceptors (Lipinski definition) is 3. The second-order valence-corrected chi connectivity index (χ2v) is 5.70. The number of benzene rings is 1. The molecule has 1 aliphatic carbocycles. The van der Waals surface area contributed by atoms with Gasteiger partial charge in [-0.25, -0.2) is 4.79 Å². The molecule has 2 unspecified atom stereocenters. The molecule has 1 aliphatic rings. The highest BCUT2D eigenvalue weighted by atomic mass is 16.5. The fourth-order valence-corrected chi connectivity index (χ4v) is 2.76. The largest absolute Gasteiger partial charge is 0.423 e. The Labute approximate surface area is 126 Å². The van der Waals surface area contributed by atoms with Gasteiger partial charge in [0.25, 0.3) is 0 Å². The van der Waals surface area contributed by atoms with Crippen molar-refractivity contribution < 1.29 is 14.3 Å². The van der Waals surface area contributed by atoms with Crippen molar-refractivity contribution in [1.29, 1.82) is 0 Å². The summed E-state index contributed by atoms with van der Waals surface area (Å²) in [4.78, 5) is 24.1. The van der Waals surface area contributed by atoms with E-state index in [1.807, 2.05) is 19.9 Å². The van der Waals surface area contributed by atoms with Gasteiger partial charge in [0.05, 0.1) is 0 Å². The van der Waals surface area contributed by atoms with Crippen LogP contribution in [-0.2, 0) is 4.79 Å². The predicted octanol–water partition coefficient (Wildman–Crippen LogP) is 4.27. The van der Waals surface area contributed by atoms with Crippen LogP contribution >= 0.6 is 0 Å². The molecule has 0 spiro atoms. The maximum atomic E-state index is 12.2. The summed E-state index contributed by atoms with van der Waals surface area (Å²) in [6.07, 6.45) is 2.95. The molecule has 0 bridgehead atoms. The van der Waals surface area contributed by atoms with Gasteiger partial charge in [-0.2, -0.15) is 0 Å². The van der Waals surface area contributed by atoms with Crippen LogP contribution in [-0.4, -0.2) is 11.8 Å². The molecule has 0 saturated carbocycles. The molecule has 112 valence electrons. The number of esters is 1. The summed E-state index contributed by atoms with van der Waals surface area (Å²) in [5.41, 5.74) is 2.39. The highest BCUT2D eigenvalue weighted by molar-refractivity contribution is 5.99. The van der Waals surface area contributed by atoms with Gasteiger partial charge in [0.2, 0.25) is 0 Å². The van der Waals surface area contributed by atoms with Crippen molar-refractivity contribution in [3.8, 4) is 5.75 Å². The van der Waals surface area contributed by atoms with Crippen molar-refractivity contribution in [3.05, 3.63) is 41.0 Å². The Bertz CT molecular complexity index is 598. The van der Waals surface area contributed by atoms with Crippen LogP contribution in [0, 0.1) is 5.92 Å². The zero-order chi connectivity index (χ0) is 15.6. The number of fused-ring (bicyclic) bond motifs is 1. The third-order valence-corrected chi connectivity index (χ3v) is 4.38. The average Bonchev–Trinajstić information content (AvgIpc) is 2.46. The second kappa shape index (κ2) is 6.25. The van der Waals surface area contributed by atoms with Gasteiger partial charge in [-0.15, -0.1) is 0 Å². The van der Waals surface area contributed by atoms with E-state index >= 15 is 0 Å². The monoisotopic (exact) mass is 286 g/mol. The maximum Gasteiger partial charge on any atom is 0.339 e. The van der Waals surface area contributed by atoms with E-state index in [9.17, 15) is 9.59 Å². The number of allylic oxidation sites excluding steroid dienone is 1. The first-order valence-corrected chi connectivity index (χ1v) is 7.52. The highest BCUT2D eigenvalue weighted by Gasteiger charge is 2.28. The summed E-state index contributed by atoms with van der Waals surface area (Å²) in [5, 5.41) is 0. The minimum Gasteiger partial charge on any atom is -0.423 e. The van der Waals surface area contributed by atoms with Crippen LogP contribution in [0.3, 0.4) is 0 Å². The van der Waals surface area contributed by atoms with E-state index in [0.29, 0.717) is 41.6 Å². The molecule has 0 aromatic heterocycles. The summed E-state index contributed by atoms with van der Waals surface area (Å²) in [6, 6.07) is 5.40. The Morgan fingerprint density at radius 2 is 2.10 bits per heavy atom. The second-order valence-electron chi connectivity index (χ2n) is 5.70. The van der Waals surface area contributed by atoms with Gasteiger partial charge >= 0.3 is 5.97 Å². The quantitative estimate of drug-likeness (QED) is 0.473. The highest BCUT2D eigenvalue weighted by Crippen LogP contribution is 2.37. The lowest BCUT2D eigenvalue weighted by Gasteiger charge is -2.27. The fraction of sp³-hybridized carbons (Fsp3) is 0.444. The standard InChI is InChI=1S/C18H22O3/c1-5-13(6-2)18(20)21-14-7-8-15-12(4)11(3)9-17(19)16(15)10-14/h5,7-8,10-12H,6,9H2,1-4H3/b13-5+. The van der Waals surface area contributed by atoms with Gasteiger partial charge in [0, 0.05) is 17.6 Å². The normalized spacial score (nSPS) is 21.9. The van der Waals surface area contributed by atoms with Crippen molar-refractivity contribution in [3.63, 3.8) is 0 Å². The zero-order valence-electron chi connectivity index (χ0n) is 13.1. The first-order chi connectivity index (χ1) is 9.97. The Kier molecular flexibility index (Phi) is 4.61. The third kappa shape index (κ3) is 3.07.